The maximum atomic E-state index is 12.8. The predicted molar refractivity (Wildman–Crippen MR) is 105 cm³/mol. The Hall–Kier alpha value is -1.49. The highest BCUT2D eigenvalue weighted by Crippen LogP contribution is 2.49. The molecule has 2 unspecified atom stereocenters. The van der Waals surface area contributed by atoms with Crippen LogP contribution in [0.4, 0.5) is 5.82 Å². The topological polar surface area (TPSA) is 36.4 Å². The van der Waals surface area contributed by atoms with Crippen LogP contribution in [0.5, 0.6) is 0 Å². The van der Waals surface area contributed by atoms with Gasteiger partial charge in [-0.2, -0.15) is 0 Å². The van der Waals surface area contributed by atoms with Crippen molar-refractivity contribution in [2.45, 2.75) is 12.3 Å². The number of pyridine rings is 1. The van der Waals surface area contributed by atoms with Gasteiger partial charge in [-0.3, -0.25) is 4.79 Å². The van der Waals surface area contributed by atoms with Crippen LogP contribution in [0, 0.1) is 5.92 Å². The van der Waals surface area contributed by atoms with Crippen molar-refractivity contribution in [3.63, 3.8) is 0 Å². The first-order valence-electron chi connectivity index (χ1n) is 8.63. The Morgan fingerprint density at radius 2 is 1.81 bits per heavy atom. The highest BCUT2D eigenvalue weighted by molar-refractivity contribution is 6.36. The number of nitrogens with zero attached hydrogens (tertiary/aromatic N) is 3. The summed E-state index contributed by atoms with van der Waals surface area (Å²) in [6.45, 7) is 2.79. The van der Waals surface area contributed by atoms with Crippen LogP contribution >= 0.6 is 34.8 Å². The first kappa shape index (κ1) is 17.9. The number of hydrogen-bond donors (Lipinski definition) is 0. The molecule has 1 aromatic carbocycles. The second kappa shape index (κ2) is 7.26. The van der Waals surface area contributed by atoms with Gasteiger partial charge in [-0.25, -0.2) is 4.98 Å². The molecular weight excluding hydrogens is 393 g/mol. The Morgan fingerprint density at radius 3 is 2.50 bits per heavy atom. The zero-order chi connectivity index (χ0) is 18.3. The van der Waals surface area contributed by atoms with Crippen molar-refractivity contribution in [1.29, 1.82) is 0 Å². The summed E-state index contributed by atoms with van der Waals surface area (Å²) in [6, 6.07) is 9.52. The van der Waals surface area contributed by atoms with Crippen molar-refractivity contribution < 1.29 is 4.79 Å². The van der Waals surface area contributed by atoms with Gasteiger partial charge in [0.05, 0.1) is 10.0 Å². The molecule has 1 aromatic heterocycles. The van der Waals surface area contributed by atoms with E-state index in [9.17, 15) is 4.79 Å². The van der Waals surface area contributed by atoms with Gasteiger partial charge < -0.3 is 9.80 Å². The molecule has 1 aliphatic carbocycles. The molecule has 0 N–H and O–H groups in total. The van der Waals surface area contributed by atoms with Gasteiger partial charge in [0.25, 0.3) is 0 Å². The van der Waals surface area contributed by atoms with Crippen molar-refractivity contribution in [2.24, 2.45) is 5.92 Å². The molecule has 0 radical (unpaired) electrons. The van der Waals surface area contributed by atoms with E-state index < -0.39 is 0 Å². The van der Waals surface area contributed by atoms with Crippen LogP contribution in [0.1, 0.15) is 17.9 Å². The molecule has 7 heteroatoms. The summed E-state index contributed by atoms with van der Waals surface area (Å²) in [6.07, 6.45) is 2.50. The first-order chi connectivity index (χ1) is 12.5. The summed E-state index contributed by atoms with van der Waals surface area (Å²) in [4.78, 5) is 21.2. The number of rotatable bonds is 3. The van der Waals surface area contributed by atoms with Crippen molar-refractivity contribution in [3.05, 3.63) is 57.2 Å². The van der Waals surface area contributed by atoms with Crippen LogP contribution in [-0.4, -0.2) is 42.0 Å². The number of halogens is 3. The zero-order valence-electron chi connectivity index (χ0n) is 14.0. The fraction of sp³-hybridized carbons (Fsp3) is 0.368. The van der Waals surface area contributed by atoms with Gasteiger partial charge in [-0.05, 0) is 36.1 Å². The molecule has 2 heterocycles. The van der Waals surface area contributed by atoms with Crippen LogP contribution in [-0.2, 0) is 4.79 Å². The molecule has 2 atom stereocenters. The Kier molecular flexibility index (Phi) is 5.00. The summed E-state index contributed by atoms with van der Waals surface area (Å²) in [5.41, 5.74) is 1.16. The van der Waals surface area contributed by atoms with Gasteiger partial charge in [-0.1, -0.05) is 46.9 Å². The molecule has 1 amide bonds. The smallest absolute Gasteiger partial charge is 0.226 e. The minimum absolute atomic E-state index is 0.0808. The molecule has 1 aliphatic heterocycles. The Balaban J connectivity index is 1.36. The number of anilines is 1. The third-order valence-corrected chi connectivity index (χ3v) is 5.78. The lowest BCUT2D eigenvalue weighted by Crippen LogP contribution is -2.49. The highest BCUT2D eigenvalue weighted by atomic mass is 35.5. The normalized spacial score (nSPS) is 22.4. The van der Waals surface area contributed by atoms with Crippen LogP contribution < -0.4 is 4.90 Å². The second-order valence-corrected chi connectivity index (χ2v) is 8.06. The zero-order valence-corrected chi connectivity index (χ0v) is 16.3. The fourth-order valence-corrected chi connectivity index (χ4v) is 4.29. The van der Waals surface area contributed by atoms with Gasteiger partial charge >= 0.3 is 0 Å². The van der Waals surface area contributed by atoms with E-state index in [1.807, 2.05) is 23.1 Å². The van der Waals surface area contributed by atoms with Crippen LogP contribution in [0.3, 0.4) is 0 Å². The number of amides is 1. The molecule has 2 fully saturated rings. The maximum Gasteiger partial charge on any atom is 0.226 e. The van der Waals surface area contributed by atoms with Gasteiger partial charge in [0.2, 0.25) is 5.91 Å². The van der Waals surface area contributed by atoms with E-state index in [1.165, 1.54) is 0 Å². The number of piperazine rings is 1. The number of aromatic nitrogens is 1. The monoisotopic (exact) mass is 409 g/mol. The molecule has 2 aliphatic rings. The Labute approximate surface area is 167 Å². The molecule has 2 aromatic rings. The lowest BCUT2D eigenvalue weighted by molar-refractivity contribution is -0.133. The van der Waals surface area contributed by atoms with Crippen LogP contribution in [0.15, 0.2) is 36.5 Å². The lowest BCUT2D eigenvalue weighted by Gasteiger charge is -2.36. The average molecular weight is 411 g/mol. The highest BCUT2D eigenvalue weighted by Gasteiger charge is 2.46. The molecule has 4 nitrogen and oxygen atoms in total. The molecular formula is C19H18Cl3N3O. The molecule has 0 bridgehead atoms. The van der Waals surface area contributed by atoms with Crippen LogP contribution in [0.25, 0.3) is 0 Å². The van der Waals surface area contributed by atoms with Crippen molar-refractivity contribution in [1.82, 2.24) is 9.88 Å². The van der Waals surface area contributed by atoms with Crippen molar-refractivity contribution >= 4 is 46.5 Å². The molecule has 26 heavy (non-hydrogen) atoms. The maximum absolute atomic E-state index is 12.8. The quantitative estimate of drug-likeness (QED) is 0.748. The number of hydrogen-bond acceptors (Lipinski definition) is 3. The van der Waals surface area contributed by atoms with Gasteiger partial charge in [0, 0.05) is 43.3 Å². The molecule has 1 saturated carbocycles. The predicted octanol–water partition coefficient (Wildman–Crippen LogP) is 4.49. The van der Waals surface area contributed by atoms with E-state index in [2.05, 4.69) is 16.0 Å². The van der Waals surface area contributed by atoms with E-state index in [-0.39, 0.29) is 11.8 Å². The summed E-state index contributed by atoms with van der Waals surface area (Å²) in [7, 11) is 0. The number of carbonyl (C=O) groups is 1. The van der Waals surface area contributed by atoms with E-state index in [4.69, 9.17) is 34.8 Å². The van der Waals surface area contributed by atoms with E-state index in [0.717, 1.165) is 22.8 Å². The minimum Gasteiger partial charge on any atom is -0.352 e. The SMILES string of the molecule is O=C(C1CC1c1cccc(Cl)c1)N1CCN(c2ncc(Cl)cc2Cl)CC1. The van der Waals surface area contributed by atoms with Crippen molar-refractivity contribution in [2.75, 3.05) is 31.1 Å². The molecule has 4 rings (SSSR count). The average Bonchev–Trinajstić information content (AvgIpc) is 3.42. The van der Waals surface area contributed by atoms with Crippen molar-refractivity contribution in [3.8, 4) is 0 Å². The molecule has 0 spiro atoms. The van der Waals surface area contributed by atoms with Gasteiger partial charge in [0.1, 0.15) is 5.82 Å². The Bertz CT molecular complexity index is 837. The fourth-order valence-electron chi connectivity index (χ4n) is 3.59. The summed E-state index contributed by atoms with van der Waals surface area (Å²) < 4.78 is 0. The minimum atomic E-state index is 0.0808. The second-order valence-electron chi connectivity index (χ2n) is 6.77. The van der Waals surface area contributed by atoms with E-state index in [1.54, 1.807) is 12.3 Å². The van der Waals surface area contributed by atoms with Crippen LogP contribution in [0.2, 0.25) is 15.1 Å². The largest absolute Gasteiger partial charge is 0.352 e. The van der Waals surface area contributed by atoms with E-state index in [0.29, 0.717) is 42.1 Å². The number of carbonyl (C=O) groups excluding carboxylic acids is 1. The van der Waals surface area contributed by atoms with Gasteiger partial charge in [-0.15, -0.1) is 0 Å². The first-order valence-corrected chi connectivity index (χ1v) is 9.76. The standard InChI is InChI=1S/C19H18Cl3N3O/c20-13-3-1-2-12(8-13)15-10-16(15)19(26)25-6-4-24(5-7-25)18-17(22)9-14(21)11-23-18/h1-3,8-9,11,15-16H,4-7,10H2. The lowest BCUT2D eigenvalue weighted by atomic mass is 10.1. The van der Waals surface area contributed by atoms with Gasteiger partial charge in [0.15, 0.2) is 0 Å². The molecule has 1 saturated heterocycles. The number of benzene rings is 1. The third kappa shape index (κ3) is 3.64. The summed E-state index contributed by atoms with van der Waals surface area (Å²) >= 11 is 18.2. The summed E-state index contributed by atoms with van der Waals surface area (Å²) in [5.74, 6) is 1.35. The van der Waals surface area contributed by atoms with E-state index >= 15 is 0 Å². The molecule has 136 valence electrons. The summed E-state index contributed by atoms with van der Waals surface area (Å²) in [5, 5.41) is 1.79. The third-order valence-electron chi connectivity index (χ3n) is 5.06. The Morgan fingerprint density at radius 1 is 1.04 bits per heavy atom.